The van der Waals surface area contributed by atoms with Gasteiger partial charge in [-0.15, -0.1) is 0 Å². The molecule has 1 heterocycles. The van der Waals surface area contributed by atoms with Crippen LogP contribution in [0.3, 0.4) is 0 Å². The van der Waals surface area contributed by atoms with Gasteiger partial charge in [0.15, 0.2) is 5.75 Å². The lowest BCUT2D eigenvalue weighted by Gasteiger charge is -2.21. The summed E-state index contributed by atoms with van der Waals surface area (Å²) in [5, 5.41) is 0. The van der Waals surface area contributed by atoms with E-state index in [4.69, 9.17) is 9.47 Å². The van der Waals surface area contributed by atoms with Crippen molar-refractivity contribution in [3.05, 3.63) is 36.8 Å². The normalized spacial score (nSPS) is 14.4. The van der Waals surface area contributed by atoms with E-state index in [1.54, 1.807) is 12.5 Å². The van der Waals surface area contributed by atoms with Crippen LogP contribution in [0.4, 0.5) is 0 Å². The van der Waals surface area contributed by atoms with Crippen LogP contribution >= 0.6 is 0 Å². The van der Waals surface area contributed by atoms with Crippen molar-refractivity contribution in [3.8, 4) is 22.8 Å². The van der Waals surface area contributed by atoms with Crippen LogP contribution in [0.15, 0.2) is 36.8 Å². The number of rotatable bonds is 15. The molecule has 0 radical (unpaired) electrons. The van der Waals surface area contributed by atoms with Gasteiger partial charge < -0.3 is 9.47 Å². The molecule has 1 saturated carbocycles. The number of nitrogens with zero attached hydrogens (tertiary/aromatic N) is 2. The SMILES string of the molecule is CCCCCCCCOc1cncnc1-c1ccccc1OCCCCC1CCCCC1. The number of hydrogen-bond donors (Lipinski definition) is 0. The van der Waals surface area contributed by atoms with Gasteiger partial charge in [0, 0.05) is 5.56 Å². The van der Waals surface area contributed by atoms with E-state index in [0.29, 0.717) is 6.61 Å². The Balaban J connectivity index is 1.48. The summed E-state index contributed by atoms with van der Waals surface area (Å²) >= 11 is 0. The highest BCUT2D eigenvalue weighted by atomic mass is 16.5. The monoisotopic (exact) mass is 438 g/mol. The molecule has 176 valence electrons. The minimum Gasteiger partial charge on any atom is -0.493 e. The molecule has 0 amide bonds. The van der Waals surface area contributed by atoms with E-state index in [1.807, 2.05) is 18.2 Å². The molecule has 1 aromatic heterocycles. The number of ether oxygens (including phenoxy) is 2. The number of benzene rings is 1. The first-order valence-corrected chi connectivity index (χ1v) is 13.0. The first-order valence-electron chi connectivity index (χ1n) is 13.0. The van der Waals surface area contributed by atoms with Gasteiger partial charge in [0.2, 0.25) is 0 Å². The maximum absolute atomic E-state index is 6.20. The maximum atomic E-state index is 6.20. The van der Waals surface area contributed by atoms with E-state index in [0.717, 1.165) is 48.1 Å². The van der Waals surface area contributed by atoms with Crippen molar-refractivity contribution in [2.24, 2.45) is 5.92 Å². The number of aromatic nitrogens is 2. The zero-order valence-corrected chi connectivity index (χ0v) is 20.1. The van der Waals surface area contributed by atoms with Crippen molar-refractivity contribution < 1.29 is 9.47 Å². The third-order valence-electron chi connectivity index (χ3n) is 6.57. The standard InChI is InChI=1S/C28H42N2O2/c1-2-3-4-5-6-13-20-32-27-22-29-23-30-28(27)25-18-10-11-19-26(25)31-21-14-12-17-24-15-8-7-9-16-24/h10-11,18-19,22-24H,2-9,12-17,20-21H2,1H3. The fourth-order valence-corrected chi connectivity index (χ4v) is 4.67. The van der Waals surface area contributed by atoms with Crippen molar-refractivity contribution in [2.75, 3.05) is 13.2 Å². The Morgan fingerprint density at radius 1 is 0.812 bits per heavy atom. The van der Waals surface area contributed by atoms with Crippen molar-refractivity contribution in [1.29, 1.82) is 0 Å². The summed E-state index contributed by atoms with van der Waals surface area (Å²) < 4.78 is 12.3. The minimum atomic E-state index is 0.705. The predicted molar refractivity (Wildman–Crippen MR) is 132 cm³/mol. The van der Waals surface area contributed by atoms with Crippen LogP contribution in [0.1, 0.15) is 96.8 Å². The Labute approximate surface area is 195 Å². The molecule has 0 saturated heterocycles. The lowest BCUT2D eigenvalue weighted by Crippen LogP contribution is -2.07. The summed E-state index contributed by atoms with van der Waals surface area (Å²) in [6, 6.07) is 8.16. The first-order chi connectivity index (χ1) is 15.9. The molecule has 32 heavy (non-hydrogen) atoms. The average molecular weight is 439 g/mol. The largest absolute Gasteiger partial charge is 0.493 e. The van der Waals surface area contributed by atoms with Crippen LogP contribution in [0.25, 0.3) is 11.3 Å². The summed E-state index contributed by atoms with van der Waals surface area (Å²) in [5.74, 6) is 2.58. The van der Waals surface area contributed by atoms with Crippen LogP contribution < -0.4 is 9.47 Å². The van der Waals surface area contributed by atoms with E-state index < -0.39 is 0 Å². The van der Waals surface area contributed by atoms with Gasteiger partial charge in [-0.2, -0.15) is 0 Å². The molecule has 0 N–H and O–H groups in total. The highest BCUT2D eigenvalue weighted by molar-refractivity contribution is 5.71. The molecule has 1 fully saturated rings. The van der Waals surface area contributed by atoms with Crippen molar-refractivity contribution >= 4 is 0 Å². The number of unbranched alkanes of at least 4 members (excludes halogenated alkanes) is 6. The fourth-order valence-electron chi connectivity index (χ4n) is 4.67. The Kier molecular flexibility index (Phi) is 11.4. The van der Waals surface area contributed by atoms with Gasteiger partial charge in [-0.3, -0.25) is 0 Å². The molecule has 2 aromatic rings. The Morgan fingerprint density at radius 2 is 1.53 bits per heavy atom. The number of para-hydroxylation sites is 1. The zero-order chi connectivity index (χ0) is 22.3. The van der Waals surface area contributed by atoms with Gasteiger partial charge >= 0.3 is 0 Å². The summed E-state index contributed by atoms with van der Waals surface area (Å²) in [4.78, 5) is 8.73. The lowest BCUT2D eigenvalue weighted by molar-refractivity contribution is 0.284. The van der Waals surface area contributed by atoms with Gasteiger partial charge in [0.05, 0.1) is 19.4 Å². The van der Waals surface area contributed by atoms with Gasteiger partial charge in [0.1, 0.15) is 17.8 Å². The zero-order valence-electron chi connectivity index (χ0n) is 20.1. The van der Waals surface area contributed by atoms with Crippen molar-refractivity contribution in [1.82, 2.24) is 9.97 Å². The third kappa shape index (κ3) is 8.44. The van der Waals surface area contributed by atoms with E-state index in [-0.39, 0.29) is 0 Å². The second-order valence-corrected chi connectivity index (χ2v) is 9.20. The molecule has 1 aliphatic carbocycles. The molecule has 0 aliphatic heterocycles. The van der Waals surface area contributed by atoms with Gasteiger partial charge in [-0.1, -0.05) is 89.7 Å². The van der Waals surface area contributed by atoms with Crippen LogP contribution in [0.5, 0.6) is 11.5 Å². The summed E-state index contributed by atoms with van der Waals surface area (Å²) in [7, 11) is 0. The quantitative estimate of drug-likeness (QED) is 0.264. The molecule has 1 aliphatic rings. The Bertz CT molecular complexity index is 759. The predicted octanol–water partition coefficient (Wildman–Crippen LogP) is 8.01. The molecule has 1 aromatic carbocycles. The minimum absolute atomic E-state index is 0.705. The lowest BCUT2D eigenvalue weighted by atomic mass is 9.86. The van der Waals surface area contributed by atoms with Crippen LogP contribution in [-0.2, 0) is 0 Å². The number of hydrogen-bond acceptors (Lipinski definition) is 4. The van der Waals surface area contributed by atoms with E-state index in [9.17, 15) is 0 Å². The van der Waals surface area contributed by atoms with Gasteiger partial charge in [-0.25, -0.2) is 9.97 Å². The summed E-state index contributed by atoms with van der Waals surface area (Å²) in [5.41, 5.74) is 1.81. The smallest absolute Gasteiger partial charge is 0.163 e. The van der Waals surface area contributed by atoms with Gasteiger partial charge in [-0.05, 0) is 37.3 Å². The van der Waals surface area contributed by atoms with E-state index in [2.05, 4.69) is 23.0 Å². The highest BCUT2D eigenvalue weighted by Gasteiger charge is 2.15. The highest BCUT2D eigenvalue weighted by Crippen LogP contribution is 2.34. The second kappa shape index (κ2) is 14.9. The summed E-state index contributed by atoms with van der Waals surface area (Å²) in [6.07, 6.45) is 21.7. The van der Waals surface area contributed by atoms with Crippen LogP contribution in [0.2, 0.25) is 0 Å². The molecule has 4 nitrogen and oxygen atoms in total. The van der Waals surface area contributed by atoms with E-state index in [1.165, 1.54) is 77.0 Å². The van der Waals surface area contributed by atoms with Gasteiger partial charge in [0.25, 0.3) is 0 Å². The molecule has 0 bridgehead atoms. The van der Waals surface area contributed by atoms with E-state index >= 15 is 0 Å². The second-order valence-electron chi connectivity index (χ2n) is 9.20. The molecular formula is C28H42N2O2. The van der Waals surface area contributed by atoms with Crippen LogP contribution in [-0.4, -0.2) is 23.2 Å². The molecule has 0 spiro atoms. The molecule has 0 atom stereocenters. The molecule has 0 unspecified atom stereocenters. The molecule has 3 rings (SSSR count). The van der Waals surface area contributed by atoms with Crippen molar-refractivity contribution in [3.63, 3.8) is 0 Å². The molecule has 4 heteroatoms. The Morgan fingerprint density at radius 3 is 2.38 bits per heavy atom. The Hall–Kier alpha value is -2.10. The van der Waals surface area contributed by atoms with Crippen molar-refractivity contribution in [2.45, 2.75) is 96.8 Å². The first kappa shape index (κ1) is 24.5. The average Bonchev–Trinajstić information content (AvgIpc) is 2.84. The fraction of sp³-hybridized carbons (Fsp3) is 0.643. The maximum Gasteiger partial charge on any atom is 0.163 e. The summed E-state index contributed by atoms with van der Waals surface area (Å²) in [6.45, 7) is 3.71. The third-order valence-corrected chi connectivity index (χ3v) is 6.57. The van der Waals surface area contributed by atoms with Crippen LogP contribution in [0, 0.1) is 5.92 Å². The molecular weight excluding hydrogens is 396 g/mol. The topological polar surface area (TPSA) is 44.2 Å².